The number of rotatable bonds is 3. The first-order chi connectivity index (χ1) is 9.27. The molecule has 1 atom stereocenters. The zero-order chi connectivity index (χ0) is 13.7. The van der Waals surface area contributed by atoms with Crippen LogP contribution in [-0.2, 0) is 4.74 Å². The molecular weight excluding hydrogens is 240 g/mol. The number of carbonyl (C=O) groups excluding carboxylic acids is 1. The van der Waals surface area contributed by atoms with Crippen LogP contribution in [0.3, 0.4) is 0 Å². The molecule has 19 heavy (non-hydrogen) atoms. The highest BCUT2D eigenvalue weighted by Gasteiger charge is 2.28. The van der Waals surface area contributed by atoms with Crippen molar-refractivity contribution in [3.05, 3.63) is 35.9 Å². The molecule has 1 aliphatic rings. The van der Waals surface area contributed by atoms with Crippen LogP contribution in [0.25, 0.3) is 6.08 Å². The molecule has 4 heteroatoms. The summed E-state index contributed by atoms with van der Waals surface area (Å²) >= 11 is 0. The molecule has 1 unspecified atom stereocenters. The maximum Gasteiger partial charge on any atom is 0.415 e. The van der Waals surface area contributed by atoms with Gasteiger partial charge in [-0.15, -0.1) is 0 Å². The van der Waals surface area contributed by atoms with Gasteiger partial charge in [-0.3, -0.25) is 4.90 Å². The highest BCUT2D eigenvalue weighted by Crippen LogP contribution is 2.29. The average Bonchev–Trinajstić information content (AvgIpc) is 2.46. The second kappa shape index (κ2) is 6.05. The Morgan fingerprint density at radius 2 is 2.26 bits per heavy atom. The molecule has 1 aliphatic heterocycles. The number of benzene rings is 1. The number of ether oxygens (including phenoxy) is 1. The van der Waals surface area contributed by atoms with Crippen LogP contribution >= 0.6 is 0 Å². The number of anilines is 1. The van der Waals surface area contributed by atoms with E-state index in [9.17, 15) is 4.79 Å². The molecule has 0 bridgehead atoms. The van der Waals surface area contributed by atoms with Gasteiger partial charge in [-0.1, -0.05) is 37.6 Å². The number of hydrogen-bond donors (Lipinski definition) is 0. The predicted molar refractivity (Wildman–Crippen MR) is 73.6 cm³/mol. The Morgan fingerprint density at radius 1 is 1.47 bits per heavy atom. The van der Waals surface area contributed by atoms with Gasteiger partial charge in [-0.25, -0.2) is 4.79 Å². The monoisotopic (exact) mass is 256 g/mol. The summed E-state index contributed by atoms with van der Waals surface area (Å²) in [5.74, 6) is 0. The minimum atomic E-state index is -0.607. The van der Waals surface area contributed by atoms with E-state index in [0.29, 0.717) is 6.61 Å². The van der Waals surface area contributed by atoms with Gasteiger partial charge in [0.25, 0.3) is 0 Å². The summed E-state index contributed by atoms with van der Waals surface area (Å²) in [6.45, 7) is 2.42. The van der Waals surface area contributed by atoms with E-state index < -0.39 is 12.1 Å². The quantitative estimate of drug-likeness (QED) is 0.779. The third kappa shape index (κ3) is 2.76. The number of hydrogen-bond acceptors (Lipinski definition) is 3. The molecule has 1 aromatic rings. The third-order valence-corrected chi connectivity index (χ3v) is 2.98. The maximum atomic E-state index is 12.1. The zero-order valence-corrected chi connectivity index (χ0v) is 10.9. The Kier molecular flexibility index (Phi) is 4.19. The van der Waals surface area contributed by atoms with Crippen LogP contribution in [0, 0.1) is 11.3 Å². The van der Waals surface area contributed by atoms with Gasteiger partial charge in [-0.05, 0) is 24.1 Å². The lowest BCUT2D eigenvalue weighted by Crippen LogP contribution is -2.41. The van der Waals surface area contributed by atoms with E-state index in [1.165, 1.54) is 4.90 Å². The van der Waals surface area contributed by atoms with Crippen LogP contribution < -0.4 is 4.90 Å². The second-order valence-corrected chi connectivity index (χ2v) is 4.33. The summed E-state index contributed by atoms with van der Waals surface area (Å²) in [5, 5.41) is 9.16. The van der Waals surface area contributed by atoms with E-state index in [4.69, 9.17) is 10.00 Å². The van der Waals surface area contributed by atoms with Crippen molar-refractivity contribution < 1.29 is 9.53 Å². The molecule has 4 nitrogen and oxygen atoms in total. The van der Waals surface area contributed by atoms with Crippen molar-refractivity contribution in [2.75, 3.05) is 11.5 Å². The minimum absolute atomic E-state index is 0.385. The van der Waals surface area contributed by atoms with Crippen LogP contribution in [0.4, 0.5) is 10.5 Å². The molecule has 2 rings (SSSR count). The van der Waals surface area contributed by atoms with Gasteiger partial charge < -0.3 is 4.74 Å². The first kappa shape index (κ1) is 13.2. The van der Waals surface area contributed by atoms with E-state index in [1.807, 2.05) is 37.3 Å². The fraction of sp³-hybridized carbons (Fsp3) is 0.333. The van der Waals surface area contributed by atoms with Crippen molar-refractivity contribution >= 4 is 17.9 Å². The number of unbranched alkanes of at least 4 members (excludes halogenated alkanes) is 1. The number of fused-ring (bicyclic) bond motifs is 1. The highest BCUT2D eigenvalue weighted by atomic mass is 16.6. The van der Waals surface area contributed by atoms with Gasteiger partial charge >= 0.3 is 6.09 Å². The molecule has 1 amide bonds. The standard InChI is InChI=1S/C15H16N2O2/c1-2-3-10-19-15(18)17-13(11-16)9-8-12-6-4-5-7-14(12)17/h4-9,13H,2-3,10H2,1H3. The van der Waals surface area contributed by atoms with Gasteiger partial charge in [0.15, 0.2) is 0 Å². The second-order valence-electron chi connectivity index (χ2n) is 4.33. The van der Waals surface area contributed by atoms with E-state index in [2.05, 4.69) is 6.07 Å². The third-order valence-electron chi connectivity index (χ3n) is 2.98. The van der Waals surface area contributed by atoms with Crippen LogP contribution in [0.15, 0.2) is 30.3 Å². The van der Waals surface area contributed by atoms with Crippen molar-refractivity contribution in [2.45, 2.75) is 25.8 Å². The van der Waals surface area contributed by atoms with Crippen molar-refractivity contribution in [1.82, 2.24) is 0 Å². The Bertz CT molecular complexity index is 531. The molecule has 0 saturated carbocycles. The molecular formula is C15H16N2O2. The molecule has 0 radical (unpaired) electrons. The zero-order valence-electron chi connectivity index (χ0n) is 10.9. The Balaban J connectivity index is 2.23. The molecule has 1 heterocycles. The number of nitriles is 1. The summed E-state index contributed by atoms with van der Waals surface area (Å²) < 4.78 is 5.21. The van der Waals surface area contributed by atoms with E-state index in [1.54, 1.807) is 6.08 Å². The van der Waals surface area contributed by atoms with Gasteiger partial charge in [-0.2, -0.15) is 5.26 Å². The first-order valence-corrected chi connectivity index (χ1v) is 6.40. The van der Waals surface area contributed by atoms with Crippen LogP contribution in [0.2, 0.25) is 0 Å². The number of amides is 1. The Labute approximate surface area is 112 Å². The average molecular weight is 256 g/mol. The maximum absolute atomic E-state index is 12.1. The van der Waals surface area contributed by atoms with Crippen LogP contribution in [0.1, 0.15) is 25.3 Å². The first-order valence-electron chi connectivity index (χ1n) is 6.40. The lowest BCUT2D eigenvalue weighted by atomic mass is 10.0. The fourth-order valence-electron chi connectivity index (χ4n) is 1.96. The molecule has 1 aromatic carbocycles. The molecule has 0 N–H and O–H groups in total. The van der Waals surface area contributed by atoms with E-state index in [-0.39, 0.29) is 0 Å². The SMILES string of the molecule is CCCCOC(=O)N1c2ccccc2C=CC1C#N. The molecule has 98 valence electrons. The highest BCUT2D eigenvalue weighted by molar-refractivity contribution is 5.94. The van der Waals surface area contributed by atoms with E-state index in [0.717, 1.165) is 24.1 Å². The fourth-order valence-corrected chi connectivity index (χ4v) is 1.96. The summed E-state index contributed by atoms with van der Waals surface area (Å²) in [4.78, 5) is 13.5. The van der Waals surface area contributed by atoms with Gasteiger partial charge in [0.2, 0.25) is 0 Å². The van der Waals surface area contributed by atoms with Crippen molar-refractivity contribution in [3.63, 3.8) is 0 Å². The van der Waals surface area contributed by atoms with Gasteiger partial charge in [0.1, 0.15) is 6.04 Å². The Morgan fingerprint density at radius 3 is 3.00 bits per heavy atom. The minimum Gasteiger partial charge on any atom is -0.449 e. The smallest absolute Gasteiger partial charge is 0.415 e. The van der Waals surface area contributed by atoms with Crippen LogP contribution in [0.5, 0.6) is 0 Å². The number of para-hydroxylation sites is 1. The van der Waals surface area contributed by atoms with Gasteiger partial charge in [0, 0.05) is 0 Å². The lowest BCUT2D eigenvalue weighted by Gasteiger charge is -2.29. The summed E-state index contributed by atoms with van der Waals surface area (Å²) in [6, 6.07) is 8.97. The van der Waals surface area contributed by atoms with E-state index >= 15 is 0 Å². The van der Waals surface area contributed by atoms with Crippen LogP contribution in [-0.4, -0.2) is 18.7 Å². The molecule has 0 saturated heterocycles. The summed E-state index contributed by atoms with van der Waals surface area (Å²) in [6.07, 6.45) is 4.90. The molecule has 0 fully saturated rings. The van der Waals surface area contributed by atoms with Gasteiger partial charge in [0.05, 0.1) is 18.4 Å². The number of carbonyl (C=O) groups is 1. The Hall–Kier alpha value is -2.28. The molecule has 0 aromatic heterocycles. The number of nitrogens with zero attached hydrogens (tertiary/aromatic N) is 2. The molecule has 0 spiro atoms. The summed E-state index contributed by atoms with van der Waals surface area (Å²) in [7, 11) is 0. The van der Waals surface area contributed by atoms with Crippen molar-refractivity contribution in [3.8, 4) is 6.07 Å². The predicted octanol–water partition coefficient (Wildman–Crippen LogP) is 3.35. The van der Waals surface area contributed by atoms with Crippen molar-refractivity contribution in [2.24, 2.45) is 0 Å². The lowest BCUT2D eigenvalue weighted by molar-refractivity contribution is 0.151. The largest absolute Gasteiger partial charge is 0.449 e. The molecule has 0 aliphatic carbocycles. The summed E-state index contributed by atoms with van der Waals surface area (Å²) in [5.41, 5.74) is 1.64. The topological polar surface area (TPSA) is 53.3 Å². The van der Waals surface area contributed by atoms with Crippen molar-refractivity contribution in [1.29, 1.82) is 5.26 Å². The normalized spacial score (nSPS) is 16.6.